The van der Waals surface area contributed by atoms with Crippen molar-refractivity contribution in [3.8, 4) is 11.6 Å². The Morgan fingerprint density at radius 2 is 2.19 bits per heavy atom. The van der Waals surface area contributed by atoms with Crippen LogP contribution in [0.4, 0.5) is 0 Å². The summed E-state index contributed by atoms with van der Waals surface area (Å²) < 4.78 is 7.60. The molecule has 1 aromatic carbocycles. The maximum Gasteiger partial charge on any atom is 0.322 e. The Kier molecular flexibility index (Phi) is 4.23. The highest BCUT2D eigenvalue weighted by molar-refractivity contribution is 6.02. The van der Waals surface area contributed by atoms with Crippen molar-refractivity contribution in [1.29, 1.82) is 0 Å². The summed E-state index contributed by atoms with van der Waals surface area (Å²) in [5, 5.41) is 15.3. The average molecular weight is 366 g/mol. The quantitative estimate of drug-likeness (QED) is 0.717. The van der Waals surface area contributed by atoms with Gasteiger partial charge in [-0.05, 0) is 48.9 Å². The number of ether oxygens (including phenoxy) is 1. The highest BCUT2D eigenvalue weighted by Gasteiger charge is 2.21. The summed E-state index contributed by atoms with van der Waals surface area (Å²) in [4.78, 5) is 27.3. The lowest BCUT2D eigenvalue weighted by Crippen LogP contribution is -2.30. The smallest absolute Gasteiger partial charge is 0.322 e. The van der Waals surface area contributed by atoms with E-state index >= 15 is 0 Å². The van der Waals surface area contributed by atoms with Crippen LogP contribution in [-0.2, 0) is 17.6 Å². The average Bonchev–Trinajstić information content (AvgIpc) is 3.29. The van der Waals surface area contributed by atoms with Crippen LogP contribution in [0.2, 0.25) is 0 Å². The molecule has 1 aliphatic rings. The van der Waals surface area contributed by atoms with Crippen molar-refractivity contribution < 1.29 is 19.4 Å². The molecule has 1 amide bonds. The highest BCUT2D eigenvalue weighted by atomic mass is 16.5. The largest absolute Gasteiger partial charge is 0.480 e. The molecule has 0 fully saturated rings. The van der Waals surface area contributed by atoms with E-state index in [-0.39, 0.29) is 5.56 Å². The van der Waals surface area contributed by atoms with Gasteiger partial charge in [0, 0.05) is 6.07 Å². The number of carboxylic acids is 1. The van der Waals surface area contributed by atoms with Crippen LogP contribution < -0.4 is 10.1 Å². The van der Waals surface area contributed by atoms with Crippen LogP contribution in [0.1, 0.15) is 33.5 Å². The molecule has 0 unspecified atom stereocenters. The maximum absolute atomic E-state index is 12.4. The molecule has 2 aromatic heterocycles. The molecule has 0 radical (unpaired) electrons. The Bertz CT molecular complexity index is 1060. The van der Waals surface area contributed by atoms with Gasteiger partial charge in [0.25, 0.3) is 5.91 Å². The number of pyridine rings is 1. The fourth-order valence-electron chi connectivity index (χ4n) is 3.46. The van der Waals surface area contributed by atoms with Gasteiger partial charge < -0.3 is 15.2 Å². The number of rotatable bonds is 5. The molecule has 2 N–H and O–H groups in total. The minimum Gasteiger partial charge on any atom is -0.480 e. The van der Waals surface area contributed by atoms with E-state index < -0.39 is 18.4 Å². The van der Waals surface area contributed by atoms with Crippen LogP contribution in [-0.4, -0.2) is 38.1 Å². The third-order valence-electron chi connectivity index (χ3n) is 4.66. The number of aryl methyl sites for hydroxylation is 2. The molecular weight excluding hydrogens is 348 g/mol. The zero-order valence-corrected chi connectivity index (χ0v) is 14.7. The first kappa shape index (κ1) is 17.0. The number of carbonyl (C=O) groups is 2. The summed E-state index contributed by atoms with van der Waals surface area (Å²) in [5.41, 5.74) is 3.72. The second-order valence-electron chi connectivity index (χ2n) is 6.46. The lowest BCUT2D eigenvalue weighted by molar-refractivity contribution is -0.135. The Labute approximate surface area is 154 Å². The van der Waals surface area contributed by atoms with Gasteiger partial charge in [-0.15, -0.1) is 0 Å². The molecule has 1 aliphatic carbocycles. The zero-order chi connectivity index (χ0) is 19.0. The lowest BCUT2D eigenvalue weighted by atomic mass is 10.1. The summed E-state index contributed by atoms with van der Waals surface area (Å²) in [6.07, 6.45) is 4.47. The van der Waals surface area contributed by atoms with Crippen molar-refractivity contribution in [2.45, 2.75) is 26.2 Å². The first-order valence-corrected chi connectivity index (χ1v) is 8.66. The number of hydrogen-bond acceptors (Lipinski definition) is 5. The molecule has 138 valence electrons. The van der Waals surface area contributed by atoms with Crippen molar-refractivity contribution in [2.24, 2.45) is 0 Å². The van der Waals surface area contributed by atoms with Crippen LogP contribution in [0.5, 0.6) is 11.6 Å². The second kappa shape index (κ2) is 6.71. The molecule has 0 saturated carbocycles. The Hall–Kier alpha value is -3.42. The first-order chi connectivity index (χ1) is 13.0. The number of nitrogens with one attached hydrogen (secondary N) is 1. The number of carboxylic acid groups (broad SMARTS) is 1. The predicted molar refractivity (Wildman–Crippen MR) is 96.2 cm³/mol. The minimum atomic E-state index is -1.11. The number of amides is 1. The van der Waals surface area contributed by atoms with Crippen LogP contribution in [0.25, 0.3) is 5.65 Å². The van der Waals surface area contributed by atoms with Gasteiger partial charge >= 0.3 is 5.97 Å². The number of carbonyl (C=O) groups excluding carboxylic acids is 1. The summed E-state index contributed by atoms with van der Waals surface area (Å²) in [7, 11) is 0. The van der Waals surface area contributed by atoms with E-state index in [1.54, 1.807) is 13.0 Å². The molecule has 0 bridgehead atoms. The third-order valence-corrected chi connectivity index (χ3v) is 4.66. The molecule has 0 aliphatic heterocycles. The minimum absolute atomic E-state index is 0.277. The van der Waals surface area contributed by atoms with Gasteiger partial charge in [0.05, 0.1) is 5.56 Å². The number of hydrogen-bond donors (Lipinski definition) is 2. The number of aromatic nitrogens is 3. The van der Waals surface area contributed by atoms with E-state index in [4.69, 9.17) is 9.84 Å². The molecule has 0 saturated heterocycles. The lowest BCUT2D eigenvalue weighted by Gasteiger charge is -2.14. The van der Waals surface area contributed by atoms with Crippen molar-refractivity contribution in [2.75, 3.05) is 6.54 Å². The Morgan fingerprint density at radius 1 is 1.33 bits per heavy atom. The fourth-order valence-corrected chi connectivity index (χ4v) is 3.46. The van der Waals surface area contributed by atoms with Crippen molar-refractivity contribution >= 4 is 17.5 Å². The second-order valence-corrected chi connectivity index (χ2v) is 6.46. The zero-order valence-electron chi connectivity index (χ0n) is 14.7. The molecule has 0 spiro atoms. The SMILES string of the molecule is Cc1cc(Oc2cccc3c2CCC3)n2ncnc2c1C(=O)NCC(=O)O. The van der Waals surface area contributed by atoms with Gasteiger partial charge in [-0.2, -0.15) is 9.61 Å². The molecule has 27 heavy (non-hydrogen) atoms. The van der Waals surface area contributed by atoms with E-state index in [0.717, 1.165) is 25.0 Å². The Morgan fingerprint density at radius 3 is 3.00 bits per heavy atom. The summed E-state index contributed by atoms with van der Waals surface area (Å²) >= 11 is 0. The summed E-state index contributed by atoms with van der Waals surface area (Å²) in [6, 6.07) is 7.72. The number of aliphatic carboxylic acids is 1. The van der Waals surface area contributed by atoms with Crippen molar-refractivity contribution in [1.82, 2.24) is 19.9 Å². The van der Waals surface area contributed by atoms with Gasteiger partial charge in [-0.3, -0.25) is 9.59 Å². The fraction of sp³-hybridized carbons (Fsp3) is 0.263. The van der Waals surface area contributed by atoms with Crippen LogP contribution >= 0.6 is 0 Å². The normalized spacial score (nSPS) is 12.8. The van der Waals surface area contributed by atoms with Crippen LogP contribution in [0.15, 0.2) is 30.6 Å². The van der Waals surface area contributed by atoms with Gasteiger partial charge in [0.15, 0.2) is 5.65 Å². The van der Waals surface area contributed by atoms with Gasteiger partial charge in [-0.25, -0.2) is 4.98 Å². The molecular formula is C19H18N4O4. The van der Waals surface area contributed by atoms with E-state index in [1.807, 2.05) is 12.1 Å². The number of nitrogens with zero attached hydrogens (tertiary/aromatic N) is 3. The molecule has 8 heteroatoms. The van der Waals surface area contributed by atoms with Gasteiger partial charge in [-0.1, -0.05) is 12.1 Å². The van der Waals surface area contributed by atoms with Crippen molar-refractivity contribution in [3.63, 3.8) is 0 Å². The van der Waals surface area contributed by atoms with E-state index in [0.29, 0.717) is 17.1 Å². The maximum atomic E-state index is 12.4. The third kappa shape index (κ3) is 3.10. The van der Waals surface area contributed by atoms with Gasteiger partial charge in [0.2, 0.25) is 5.88 Å². The standard InChI is InChI=1S/C19H18N4O4/c1-11-8-15(27-14-7-3-5-12-4-2-6-13(12)14)23-18(21-10-22-23)17(11)19(26)20-9-16(24)25/h3,5,7-8,10H,2,4,6,9H2,1H3,(H,20,26)(H,24,25). The number of fused-ring (bicyclic) bond motifs is 2. The van der Waals surface area contributed by atoms with Crippen molar-refractivity contribution in [3.05, 3.63) is 52.8 Å². The van der Waals surface area contributed by atoms with E-state index in [2.05, 4.69) is 21.5 Å². The monoisotopic (exact) mass is 366 g/mol. The van der Waals surface area contributed by atoms with Crippen LogP contribution in [0.3, 0.4) is 0 Å². The van der Waals surface area contributed by atoms with E-state index in [1.165, 1.54) is 22.0 Å². The van der Waals surface area contributed by atoms with Gasteiger partial charge in [0.1, 0.15) is 18.6 Å². The molecule has 3 aromatic rings. The summed E-state index contributed by atoms with van der Waals surface area (Å²) in [6.45, 7) is 1.29. The molecule has 4 rings (SSSR count). The highest BCUT2D eigenvalue weighted by Crippen LogP contribution is 2.34. The van der Waals surface area contributed by atoms with E-state index in [9.17, 15) is 9.59 Å². The number of benzene rings is 1. The topological polar surface area (TPSA) is 106 Å². The first-order valence-electron chi connectivity index (χ1n) is 8.66. The predicted octanol–water partition coefficient (Wildman–Crippen LogP) is 2.13. The molecule has 8 nitrogen and oxygen atoms in total. The summed E-state index contributed by atoms with van der Waals surface area (Å²) in [5.74, 6) is -0.393. The van der Waals surface area contributed by atoms with Crippen LogP contribution in [0, 0.1) is 6.92 Å². The molecule has 2 heterocycles. The molecule has 0 atom stereocenters. The Balaban J connectivity index is 1.73.